The number of ether oxygens (including phenoxy) is 1. The van der Waals surface area contributed by atoms with Gasteiger partial charge in [0.25, 0.3) is 0 Å². The van der Waals surface area contributed by atoms with Gasteiger partial charge in [0.2, 0.25) is 0 Å². The largest absolute Gasteiger partial charge is 0.466 e. The second-order valence-electron chi connectivity index (χ2n) is 6.39. The van der Waals surface area contributed by atoms with Crippen molar-refractivity contribution in [2.75, 3.05) is 19.7 Å². The summed E-state index contributed by atoms with van der Waals surface area (Å²) in [5.41, 5.74) is 2.55. The lowest BCUT2D eigenvalue weighted by molar-refractivity contribution is -0.150. The Bertz CT molecular complexity index is 641. The van der Waals surface area contributed by atoms with Gasteiger partial charge in [-0.3, -0.25) is 9.69 Å². The van der Waals surface area contributed by atoms with E-state index in [0.29, 0.717) is 6.61 Å². The normalized spacial score (nSPS) is 21.4. The molecule has 1 aliphatic heterocycles. The van der Waals surface area contributed by atoms with Crippen LogP contribution in [-0.2, 0) is 16.1 Å². The summed E-state index contributed by atoms with van der Waals surface area (Å²) in [4.78, 5) is 14.9. The van der Waals surface area contributed by atoms with Crippen LogP contribution in [0.2, 0.25) is 0 Å². The topological polar surface area (TPSA) is 29.5 Å². The first-order valence-corrected chi connectivity index (χ1v) is 8.75. The Morgan fingerprint density at radius 3 is 2.42 bits per heavy atom. The molecule has 24 heavy (non-hydrogen) atoms. The summed E-state index contributed by atoms with van der Waals surface area (Å²) in [5.74, 6) is 0.104. The quantitative estimate of drug-likeness (QED) is 0.783. The summed E-state index contributed by atoms with van der Waals surface area (Å²) < 4.78 is 5.33. The second-order valence-corrected chi connectivity index (χ2v) is 6.39. The molecule has 0 bridgehead atoms. The third-order valence-corrected chi connectivity index (χ3v) is 4.76. The Morgan fingerprint density at radius 2 is 1.75 bits per heavy atom. The Kier molecular flexibility index (Phi) is 5.65. The van der Waals surface area contributed by atoms with E-state index in [1.165, 1.54) is 11.1 Å². The molecule has 3 rings (SSSR count). The second kappa shape index (κ2) is 8.11. The van der Waals surface area contributed by atoms with Gasteiger partial charge in [-0.15, -0.1) is 0 Å². The van der Waals surface area contributed by atoms with Gasteiger partial charge in [0, 0.05) is 19.0 Å². The van der Waals surface area contributed by atoms with Crippen LogP contribution in [0, 0.1) is 5.92 Å². The van der Waals surface area contributed by atoms with E-state index < -0.39 is 0 Å². The van der Waals surface area contributed by atoms with Gasteiger partial charge in [-0.25, -0.2) is 0 Å². The highest BCUT2D eigenvalue weighted by Crippen LogP contribution is 2.34. The number of esters is 1. The number of benzene rings is 2. The predicted molar refractivity (Wildman–Crippen MR) is 95.6 cm³/mol. The van der Waals surface area contributed by atoms with E-state index in [1.807, 2.05) is 31.2 Å². The van der Waals surface area contributed by atoms with Gasteiger partial charge in [-0.2, -0.15) is 0 Å². The zero-order valence-electron chi connectivity index (χ0n) is 14.2. The van der Waals surface area contributed by atoms with E-state index in [2.05, 4.69) is 41.3 Å². The minimum atomic E-state index is -0.0503. The maximum atomic E-state index is 12.4. The van der Waals surface area contributed by atoms with E-state index in [9.17, 15) is 4.79 Å². The SMILES string of the molecule is CCOC(=O)[C@H]1CCN(Cc2ccccc2)C[C@@H]1c1ccccc1. The van der Waals surface area contributed by atoms with Gasteiger partial charge >= 0.3 is 5.97 Å². The highest BCUT2D eigenvalue weighted by Gasteiger charge is 2.35. The van der Waals surface area contributed by atoms with Crippen LogP contribution in [-0.4, -0.2) is 30.6 Å². The van der Waals surface area contributed by atoms with Crippen molar-refractivity contribution in [3.63, 3.8) is 0 Å². The van der Waals surface area contributed by atoms with Gasteiger partial charge in [0.1, 0.15) is 0 Å². The van der Waals surface area contributed by atoms with E-state index in [4.69, 9.17) is 4.74 Å². The third-order valence-electron chi connectivity index (χ3n) is 4.76. The highest BCUT2D eigenvalue weighted by atomic mass is 16.5. The van der Waals surface area contributed by atoms with Crippen LogP contribution in [0.15, 0.2) is 60.7 Å². The molecule has 2 atom stereocenters. The third kappa shape index (κ3) is 4.04. The molecule has 3 heteroatoms. The van der Waals surface area contributed by atoms with Crippen LogP contribution in [0.25, 0.3) is 0 Å². The van der Waals surface area contributed by atoms with Gasteiger partial charge in [-0.1, -0.05) is 60.7 Å². The van der Waals surface area contributed by atoms with Gasteiger partial charge < -0.3 is 4.74 Å². The average Bonchev–Trinajstić information content (AvgIpc) is 2.63. The molecule has 2 aromatic rings. The molecule has 2 aromatic carbocycles. The number of carbonyl (C=O) groups excluding carboxylic acids is 1. The lowest BCUT2D eigenvalue weighted by Crippen LogP contribution is -2.42. The molecule has 0 radical (unpaired) electrons. The summed E-state index contributed by atoms with van der Waals surface area (Å²) in [7, 11) is 0. The monoisotopic (exact) mass is 323 g/mol. The molecule has 0 N–H and O–H groups in total. The number of hydrogen-bond acceptors (Lipinski definition) is 3. The zero-order valence-corrected chi connectivity index (χ0v) is 14.2. The Balaban J connectivity index is 1.76. The van der Waals surface area contributed by atoms with Crippen LogP contribution in [0.1, 0.15) is 30.4 Å². The fraction of sp³-hybridized carbons (Fsp3) is 0.381. The standard InChI is InChI=1S/C21H25NO2/c1-2-24-21(23)19-13-14-22(15-17-9-5-3-6-10-17)16-20(19)18-11-7-4-8-12-18/h3-12,19-20H,2,13-16H2,1H3/t19-,20+/m0/s1. The first kappa shape index (κ1) is 16.7. The minimum absolute atomic E-state index is 0.0422. The number of piperidine rings is 1. The van der Waals surface area contributed by atoms with E-state index >= 15 is 0 Å². The zero-order chi connectivity index (χ0) is 16.8. The van der Waals surface area contributed by atoms with Crippen LogP contribution < -0.4 is 0 Å². The van der Waals surface area contributed by atoms with Crippen LogP contribution in [0.3, 0.4) is 0 Å². The van der Waals surface area contributed by atoms with Gasteiger partial charge in [-0.05, 0) is 31.0 Å². The van der Waals surface area contributed by atoms with E-state index in [-0.39, 0.29) is 17.8 Å². The number of likely N-dealkylation sites (tertiary alicyclic amines) is 1. The molecular weight excluding hydrogens is 298 g/mol. The van der Waals surface area contributed by atoms with E-state index in [0.717, 1.165) is 26.1 Å². The molecular formula is C21H25NO2. The molecule has 1 aliphatic rings. The molecule has 1 fully saturated rings. The fourth-order valence-electron chi connectivity index (χ4n) is 3.57. The Labute approximate surface area is 144 Å². The highest BCUT2D eigenvalue weighted by molar-refractivity contribution is 5.74. The smallest absolute Gasteiger partial charge is 0.309 e. The molecule has 1 heterocycles. The van der Waals surface area contributed by atoms with Crippen molar-refractivity contribution in [3.8, 4) is 0 Å². The fourth-order valence-corrected chi connectivity index (χ4v) is 3.57. The summed E-state index contributed by atoms with van der Waals surface area (Å²) in [6, 6.07) is 20.9. The maximum Gasteiger partial charge on any atom is 0.309 e. The molecule has 0 unspecified atom stereocenters. The summed E-state index contributed by atoms with van der Waals surface area (Å²) in [5, 5.41) is 0. The first-order chi connectivity index (χ1) is 11.8. The lowest BCUT2D eigenvalue weighted by Gasteiger charge is -2.37. The van der Waals surface area contributed by atoms with Crippen LogP contribution >= 0.6 is 0 Å². The van der Waals surface area contributed by atoms with Crippen molar-refractivity contribution in [1.29, 1.82) is 0 Å². The number of nitrogens with zero attached hydrogens (tertiary/aromatic N) is 1. The molecule has 3 nitrogen and oxygen atoms in total. The van der Waals surface area contributed by atoms with Crippen molar-refractivity contribution >= 4 is 5.97 Å². The van der Waals surface area contributed by atoms with Crippen molar-refractivity contribution in [2.24, 2.45) is 5.92 Å². The molecule has 0 aromatic heterocycles. The number of carbonyl (C=O) groups is 1. The summed E-state index contributed by atoms with van der Waals surface area (Å²) >= 11 is 0. The van der Waals surface area contributed by atoms with Crippen LogP contribution in [0.5, 0.6) is 0 Å². The number of rotatable bonds is 5. The molecule has 126 valence electrons. The number of hydrogen-bond donors (Lipinski definition) is 0. The molecule has 0 amide bonds. The summed E-state index contributed by atoms with van der Waals surface area (Å²) in [6.45, 7) is 5.08. The van der Waals surface area contributed by atoms with Crippen molar-refractivity contribution in [1.82, 2.24) is 4.90 Å². The maximum absolute atomic E-state index is 12.4. The van der Waals surface area contributed by atoms with Crippen molar-refractivity contribution in [3.05, 3.63) is 71.8 Å². The molecule has 0 aliphatic carbocycles. The average molecular weight is 323 g/mol. The molecule has 1 saturated heterocycles. The molecule has 0 saturated carbocycles. The Morgan fingerprint density at radius 1 is 1.08 bits per heavy atom. The van der Waals surface area contributed by atoms with Crippen LogP contribution in [0.4, 0.5) is 0 Å². The Hall–Kier alpha value is -2.13. The van der Waals surface area contributed by atoms with Gasteiger partial charge in [0.05, 0.1) is 12.5 Å². The molecule has 0 spiro atoms. The summed E-state index contributed by atoms with van der Waals surface area (Å²) in [6.07, 6.45) is 0.852. The van der Waals surface area contributed by atoms with E-state index in [1.54, 1.807) is 0 Å². The van der Waals surface area contributed by atoms with Gasteiger partial charge in [0.15, 0.2) is 0 Å². The predicted octanol–water partition coefficient (Wildman–Crippen LogP) is 3.86. The first-order valence-electron chi connectivity index (χ1n) is 8.75. The van der Waals surface area contributed by atoms with Crippen molar-refractivity contribution < 1.29 is 9.53 Å². The minimum Gasteiger partial charge on any atom is -0.466 e. The van der Waals surface area contributed by atoms with Crippen molar-refractivity contribution in [2.45, 2.75) is 25.8 Å². The lowest BCUT2D eigenvalue weighted by atomic mass is 9.80.